The van der Waals surface area contributed by atoms with Crippen molar-refractivity contribution in [3.8, 4) is 17.1 Å². The second-order valence-corrected chi connectivity index (χ2v) is 9.36. The molecule has 8 nitrogen and oxygen atoms in total. The zero-order chi connectivity index (χ0) is 23.7. The number of rotatable bonds is 5. The lowest BCUT2D eigenvalue weighted by Gasteiger charge is -2.39. The molecule has 9 heteroatoms. The number of aryl methyl sites for hydroxylation is 1. The molecular weight excluding hydrogens is 468 g/mol. The highest BCUT2D eigenvalue weighted by Crippen LogP contribution is 2.35. The van der Waals surface area contributed by atoms with E-state index in [1.807, 2.05) is 25.1 Å². The van der Waals surface area contributed by atoms with Crippen LogP contribution in [0.2, 0.25) is 0 Å². The Hall–Kier alpha value is -3.10. The first-order valence-corrected chi connectivity index (χ1v) is 11.9. The van der Waals surface area contributed by atoms with Gasteiger partial charge in [0.2, 0.25) is 0 Å². The van der Waals surface area contributed by atoms with E-state index < -0.39 is 6.09 Å². The highest BCUT2D eigenvalue weighted by atomic mass is 35.5. The number of carboxylic acid groups (broad SMARTS) is 1. The molecule has 1 aromatic heterocycles. The number of fused-ring (bicyclic) bond motifs is 1. The van der Waals surface area contributed by atoms with Crippen LogP contribution in [0.4, 0.5) is 10.6 Å². The summed E-state index contributed by atoms with van der Waals surface area (Å²) in [6.45, 7) is 4.83. The van der Waals surface area contributed by atoms with Crippen molar-refractivity contribution in [3.05, 3.63) is 48.0 Å². The molecule has 5 rings (SSSR count). The molecule has 0 saturated carbocycles. The van der Waals surface area contributed by atoms with Crippen LogP contribution in [-0.2, 0) is 4.74 Å². The van der Waals surface area contributed by atoms with Crippen LogP contribution >= 0.6 is 12.4 Å². The number of piperidine rings is 1. The highest BCUT2D eigenvalue weighted by Gasteiger charge is 2.36. The van der Waals surface area contributed by atoms with Gasteiger partial charge in [-0.25, -0.2) is 14.8 Å². The van der Waals surface area contributed by atoms with Gasteiger partial charge in [0.25, 0.3) is 0 Å². The van der Waals surface area contributed by atoms with Crippen molar-refractivity contribution in [2.24, 2.45) is 11.8 Å². The second-order valence-electron chi connectivity index (χ2n) is 9.36. The number of halogens is 1. The van der Waals surface area contributed by atoms with E-state index in [2.05, 4.69) is 22.3 Å². The molecule has 35 heavy (non-hydrogen) atoms. The molecule has 2 aromatic carbocycles. The van der Waals surface area contributed by atoms with E-state index in [1.165, 1.54) is 0 Å². The minimum absolute atomic E-state index is 0. The van der Waals surface area contributed by atoms with E-state index in [9.17, 15) is 15.0 Å². The van der Waals surface area contributed by atoms with Crippen LogP contribution in [-0.4, -0.2) is 58.6 Å². The van der Waals surface area contributed by atoms with Crippen molar-refractivity contribution < 1.29 is 19.7 Å². The molecule has 186 valence electrons. The minimum Gasteiger partial charge on any atom is -0.507 e. The molecule has 3 aromatic rings. The molecule has 0 bridgehead atoms. The van der Waals surface area contributed by atoms with E-state index in [4.69, 9.17) is 14.7 Å². The minimum atomic E-state index is -0.987. The number of nitrogens with zero attached hydrogens (tertiary/aromatic N) is 3. The van der Waals surface area contributed by atoms with Gasteiger partial charge in [0, 0.05) is 37.0 Å². The van der Waals surface area contributed by atoms with Crippen molar-refractivity contribution in [1.82, 2.24) is 15.3 Å². The first-order chi connectivity index (χ1) is 16.5. The summed E-state index contributed by atoms with van der Waals surface area (Å²) >= 11 is 0. The summed E-state index contributed by atoms with van der Waals surface area (Å²) in [7, 11) is 0. The van der Waals surface area contributed by atoms with E-state index in [0.717, 1.165) is 48.1 Å². The quantitative estimate of drug-likeness (QED) is 0.471. The molecule has 1 amide bonds. The van der Waals surface area contributed by atoms with Crippen molar-refractivity contribution in [2.45, 2.75) is 32.2 Å². The van der Waals surface area contributed by atoms with Gasteiger partial charge in [0.1, 0.15) is 11.6 Å². The number of anilines is 1. The Morgan fingerprint density at radius 2 is 2.00 bits per heavy atom. The molecule has 1 unspecified atom stereocenters. The van der Waals surface area contributed by atoms with Crippen molar-refractivity contribution >= 4 is 35.2 Å². The van der Waals surface area contributed by atoms with Gasteiger partial charge in [-0.3, -0.25) is 0 Å². The highest BCUT2D eigenvalue weighted by molar-refractivity contribution is 5.92. The number of phenols is 1. The number of hydrogen-bond donors (Lipinski definition) is 3. The third-order valence-electron chi connectivity index (χ3n) is 7.01. The first kappa shape index (κ1) is 25.0. The number of nitrogens with one attached hydrogen (secondary N) is 1. The standard InChI is InChI=1S/C26H30N4O4.ClH/c1-16-8-9-19-21(13-16)27-24(20-6-2-3-7-22(20)31)29-25(19)30-11-4-5-17(14-30)23(28-26(32)33)18-10-12-34-15-18;/h2-3,6-9,13,17-18,23,28,31H,4-5,10-12,14-15H2,1H3,(H,32,33);1H/t17-,18?,23+;/m0./s1. The maximum atomic E-state index is 11.6. The fourth-order valence-corrected chi connectivity index (χ4v) is 5.34. The Kier molecular flexibility index (Phi) is 7.62. The van der Waals surface area contributed by atoms with Crippen LogP contribution < -0.4 is 10.2 Å². The average molecular weight is 499 g/mol. The molecule has 3 heterocycles. The average Bonchev–Trinajstić information content (AvgIpc) is 3.36. The lowest BCUT2D eigenvalue weighted by Crippen LogP contribution is -2.51. The van der Waals surface area contributed by atoms with Gasteiger partial charge in [-0.1, -0.05) is 18.2 Å². The van der Waals surface area contributed by atoms with E-state index in [1.54, 1.807) is 12.1 Å². The van der Waals surface area contributed by atoms with Gasteiger partial charge in [-0.2, -0.15) is 0 Å². The van der Waals surface area contributed by atoms with Crippen molar-refractivity contribution in [1.29, 1.82) is 0 Å². The topological polar surface area (TPSA) is 108 Å². The molecule has 2 fully saturated rings. The predicted octanol–water partition coefficient (Wildman–Crippen LogP) is 4.62. The monoisotopic (exact) mass is 498 g/mol. The van der Waals surface area contributed by atoms with Gasteiger partial charge in [-0.05, 0) is 61.9 Å². The summed E-state index contributed by atoms with van der Waals surface area (Å²) in [6, 6.07) is 13.1. The van der Waals surface area contributed by atoms with Crippen LogP contribution in [0.15, 0.2) is 42.5 Å². The largest absolute Gasteiger partial charge is 0.507 e. The molecule has 2 saturated heterocycles. The number of benzene rings is 2. The Morgan fingerprint density at radius 1 is 1.17 bits per heavy atom. The summed E-state index contributed by atoms with van der Waals surface area (Å²) in [5.74, 6) is 1.79. The normalized spacial score (nSPS) is 20.9. The van der Waals surface area contributed by atoms with E-state index >= 15 is 0 Å². The second kappa shape index (κ2) is 10.7. The first-order valence-electron chi connectivity index (χ1n) is 11.9. The Bertz CT molecular complexity index is 1200. The van der Waals surface area contributed by atoms with E-state index in [-0.39, 0.29) is 36.0 Å². The van der Waals surface area contributed by atoms with Gasteiger partial charge in [0.05, 0.1) is 17.7 Å². The molecule has 2 aliphatic heterocycles. The lowest BCUT2D eigenvalue weighted by molar-refractivity contribution is 0.147. The molecule has 2 aliphatic rings. The molecule has 0 aliphatic carbocycles. The number of aromatic nitrogens is 2. The van der Waals surface area contributed by atoms with Gasteiger partial charge in [-0.15, -0.1) is 12.4 Å². The van der Waals surface area contributed by atoms with Crippen molar-refractivity contribution in [3.63, 3.8) is 0 Å². The number of carbonyl (C=O) groups is 1. The Morgan fingerprint density at radius 3 is 2.74 bits per heavy atom. The zero-order valence-corrected chi connectivity index (χ0v) is 20.5. The van der Waals surface area contributed by atoms with Crippen molar-refractivity contribution in [2.75, 3.05) is 31.2 Å². The van der Waals surface area contributed by atoms with Gasteiger partial charge < -0.3 is 25.2 Å². The van der Waals surface area contributed by atoms with Crippen LogP contribution in [0.5, 0.6) is 5.75 Å². The number of phenolic OH excluding ortho intramolecular Hbond substituents is 1. The summed E-state index contributed by atoms with van der Waals surface area (Å²) < 4.78 is 5.58. The molecule has 3 atom stereocenters. The summed E-state index contributed by atoms with van der Waals surface area (Å²) in [4.78, 5) is 23.5. The number of ether oxygens (including phenoxy) is 1. The predicted molar refractivity (Wildman–Crippen MR) is 137 cm³/mol. The van der Waals surface area contributed by atoms with Gasteiger partial charge in [0.15, 0.2) is 5.82 Å². The lowest BCUT2D eigenvalue weighted by atomic mass is 9.82. The number of amides is 1. The molecular formula is C26H31ClN4O4. The Labute approximate surface area is 210 Å². The summed E-state index contributed by atoms with van der Waals surface area (Å²) in [5, 5.41) is 23.7. The van der Waals surface area contributed by atoms with Crippen LogP contribution in [0.1, 0.15) is 24.8 Å². The van der Waals surface area contributed by atoms with E-state index in [0.29, 0.717) is 31.1 Å². The Balaban J connectivity index is 0.00000289. The summed E-state index contributed by atoms with van der Waals surface area (Å²) in [6.07, 6.45) is 1.78. The molecule has 0 radical (unpaired) electrons. The van der Waals surface area contributed by atoms with Crippen LogP contribution in [0.3, 0.4) is 0 Å². The molecule has 3 N–H and O–H groups in total. The number of hydrogen-bond acceptors (Lipinski definition) is 6. The van der Waals surface area contributed by atoms with Gasteiger partial charge >= 0.3 is 6.09 Å². The number of aromatic hydroxyl groups is 1. The maximum Gasteiger partial charge on any atom is 0.404 e. The number of para-hydroxylation sites is 1. The fourth-order valence-electron chi connectivity index (χ4n) is 5.34. The van der Waals surface area contributed by atoms with Crippen LogP contribution in [0.25, 0.3) is 22.3 Å². The smallest absolute Gasteiger partial charge is 0.404 e. The molecule has 0 spiro atoms. The maximum absolute atomic E-state index is 11.6. The third kappa shape index (κ3) is 5.28. The summed E-state index contributed by atoms with van der Waals surface area (Å²) in [5.41, 5.74) is 2.52. The fraction of sp³-hybridized carbons (Fsp3) is 0.423. The SMILES string of the molecule is Cc1ccc2c(N3CCC[C@H]([C@@H](NC(=O)O)C4CCOC4)C3)nc(-c3ccccc3O)nc2c1.Cl. The third-order valence-corrected chi connectivity index (χ3v) is 7.01. The van der Waals surface area contributed by atoms with Crippen LogP contribution in [0, 0.1) is 18.8 Å². The zero-order valence-electron chi connectivity index (χ0n) is 19.7.